The van der Waals surface area contributed by atoms with Gasteiger partial charge in [0.15, 0.2) is 5.66 Å². The molecule has 1 N–H and O–H groups in total. The zero-order valence-corrected chi connectivity index (χ0v) is 14.5. The normalized spacial score (nSPS) is 21.5. The molecule has 1 amide bonds. The first-order chi connectivity index (χ1) is 12.2. The molecule has 3 rings (SSSR count). The van der Waals surface area contributed by atoms with E-state index in [1.165, 1.54) is 5.56 Å². The van der Waals surface area contributed by atoms with Crippen LogP contribution in [0.5, 0.6) is 0 Å². The molecule has 0 aromatic carbocycles. The van der Waals surface area contributed by atoms with E-state index in [1.807, 2.05) is 12.3 Å². The molecule has 3 heterocycles. The molecule has 2 aliphatic heterocycles. The summed E-state index contributed by atoms with van der Waals surface area (Å²) in [5.74, 6) is 2.82. The van der Waals surface area contributed by atoms with Crippen molar-refractivity contribution >= 4 is 5.91 Å². The van der Waals surface area contributed by atoms with Crippen molar-refractivity contribution in [2.24, 2.45) is 16.1 Å². The number of nitrogens with zero attached hydrogens (tertiary/aromatic N) is 4. The highest BCUT2D eigenvalue weighted by atomic mass is 16.1. The lowest BCUT2D eigenvalue weighted by atomic mass is 9.96. The largest absolute Gasteiger partial charge is 0.356 e. The van der Waals surface area contributed by atoms with E-state index < -0.39 is 0 Å². The topological polar surface area (TPSA) is 70.0 Å². The summed E-state index contributed by atoms with van der Waals surface area (Å²) in [5, 5.41) is 11.3. The summed E-state index contributed by atoms with van der Waals surface area (Å²) in [6.45, 7) is 3.30. The summed E-state index contributed by atoms with van der Waals surface area (Å²) >= 11 is 0. The van der Waals surface area contributed by atoms with E-state index in [2.05, 4.69) is 37.4 Å². The molecule has 132 valence electrons. The van der Waals surface area contributed by atoms with E-state index in [1.54, 1.807) is 6.20 Å². The van der Waals surface area contributed by atoms with Gasteiger partial charge in [-0.25, -0.2) is 0 Å². The molecule has 0 bridgehead atoms. The number of rotatable bonds is 8. The Bertz CT molecular complexity index is 646. The second kappa shape index (κ2) is 8.21. The van der Waals surface area contributed by atoms with Crippen LogP contribution in [-0.2, 0) is 11.3 Å². The monoisotopic (exact) mass is 339 g/mol. The first kappa shape index (κ1) is 17.6. The Labute approximate surface area is 149 Å². The minimum Gasteiger partial charge on any atom is -0.356 e. The lowest BCUT2D eigenvalue weighted by Crippen LogP contribution is -2.43. The number of carbonyl (C=O) groups excluding carboxylic acids is 1. The third-order valence-corrected chi connectivity index (χ3v) is 4.88. The zero-order chi connectivity index (χ0) is 17.5. The molecule has 1 fully saturated rings. The number of piperidine rings is 1. The Hall–Kier alpha value is -2.26. The summed E-state index contributed by atoms with van der Waals surface area (Å²) in [7, 11) is 0. The predicted octanol–water partition coefficient (Wildman–Crippen LogP) is 2.38. The van der Waals surface area contributed by atoms with E-state index in [-0.39, 0.29) is 17.5 Å². The van der Waals surface area contributed by atoms with Crippen LogP contribution in [0.25, 0.3) is 0 Å². The van der Waals surface area contributed by atoms with Crippen LogP contribution < -0.4 is 5.32 Å². The van der Waals surface area contributed by atoms with Gasteiger partial charge in [0.05, 0.1) is 5.92 Å². The molecule has 1 atom stereocenters. The molecular weight excluding hydrogens is 314 g/mol. The van der Waals surface area contributed by atoms with Crippen molar-refractivity contribution in [1.29, 1.82) is 0 Å². The van der Waals surface area contributed by atoms with Gasteiger partial charge >= 0.3 is 0 Å². The molecular formula is C19H25N5O. The molecule has 2 aliphatic rings. The Morgan fingerprint density at radius 3 is 3.04 bits per heavy atom. The van der Waals surface area contributed by atoms with Crippen LogP contribution in [0.3, 0.4) is 0 Å². The van der Waals surface area contributed by atoms with Crippen LogP contribution in [0.1, 0.15) is 37.7 Å². The van der Waals surface area contributed by atoms with Crippen molar-refractivity contribution in [2.45, 2.75) is 44.3 Å². The first-order valence-corrected chi connectivity index (χ1v) is 8.97. The number of amides is 1. The number of nitrogens with one attached hydrogen (secondary N) is 1. The van der Waals surface area contributed by atoms with Crippen molar-refractivity contribution in [3.05, 3.63) is 30.1 Å². The number of pyridine rings is 1. The van der Waals surface area contributed by atoms with Gasteiger partial charge < -0.3 is 5.32 Å². The summed E-state index contributed by atoms with van der Waals surface area (Å²) in [6.07, 6.45) is 13.2. The number of hydrogen-bond donors (Lipinski definition) is 1. The van der Waals surface area contributed by atoms with Gasteiger partial charge in [-0.1, -0.05) is 6.07 Å². The van der Waals surface area contributed by atoms with Gasteiger partial charge in [-0.05, 0) is 31.0 Å². The molecule has 0 spiro atoms. The fraction of sp³-hybridized carbons (Fsp3) is 0.579. The smallest absolute Gasteiger partial charge is 0.224 e. The minimum atomic E-state index is -0.321. The summed E-state index contributed by atoms with van der Waals surface area (Å²) < 4.78 is 0. The fourth-order valence-corrected chi connectivity index (χ4v) is 3.36. The number of likely N-dealkylation sites (tertiary alicyclic amines) is 1. The molecule has 6 nitrogen and oxygen atoms in total. The number of aromatic nitrogens is 1. The van der Waals surface area contributed by atoms with Crippen LogP contribution in [0.2, 0.25) is 0 Å². The fourth-order valence-electron chi connectivity index (χ4n) is 3.36. The molecule has 25 heavy (non-hydrogen) atoms. The second-order valence-corrected chi connectivity index (χ2v) is 6.86. The van der Waals surface area contributed by atoms with Gasteiger partial charge in [0.2, 0.25) is 5.91 Å². The van der Waals surface area contributed by atoms with Gasteiger partial charge in [0.25, 0.3) is 0 Å². The SMILES string of the molecule is C#CCCC1(CCNC(=O)C2CCCN(Cc3cccnc3)C2)N=N1. The lowest BCUT2D eigenvalue weighted by molar-refractivity contribution is -0.126. The van der Waals surface area contributed by atoms with Crippen LogP contribution >= 0.6 is 0 Å². The van der Waals surface area contributed by atoms with Crippen molar-refractivity contribution in [3.63, 3.8) is 0 Å². The molecule has 6 heteroatoms. The molecule has 1 unspecified atom stereocenters. The van der Waals surface area contributed by atoms with Crippen molar-refractivity contribution < 1.29 is 4.79 Å². The average Bonchev–Trinajstić information content (AvgIpc) is 3.41. The van der Waals surface area contributed by atoms with E-state index >= 15 is 0 Å². The van der Waals surface area contributed by atoms with Gasteiger partial charge in [-0.15, -0.1) is 12.3 Å². The number of hydrogen-bond acceptors (Lipinski definition) is 5. The quantitative estimate of drug-likeness (QED) is 0.739. The second-order valence-electron chi connectivity index (χ2n) is 6.86. The average molecular weight is 339 g/mol. The standard InChI is InChI=1S/C19H25N5O/c1-2-3-8-19(22-23-19)9-11-21-18(25)17-7-5-12-24(15-17)14-16-6-4-10-20-13-16/h1,4,6,10,13,17H,3,5,7-9,11-12,14-15H2,(H,21,25). The summed E-state index contributed by atoms with van der Waals surface area (Å²) in [5.41, 5.74) is 0.870. The Kier molecular flexibility index (Phi) is 5.77. The Morgan fingerprint density at radius 2 is 2.32 bits per heavy atom. The van der Waals surface area contributed by atoms with E-state index in [9.17, 15) is 4.79 Å². The lowest BCUT2D eigenvalue weighted by Gasteiger charge is -2.32. The predicted molar refractivity (Wildman–Crippen MR) is 95.5 cm³/mol. The Morgan fingerprint density at radius 1 is 1.44 bits per heavy atom. The molecule has 0 saturated carbocycles. The van der Waals surface area contributed by atoms with Crippen molar-refractivity contribution in [3.8, 4) is 12.3 Å². The highest BCUT2D eigenvalue weighted by molar-refractivity contribution is 5.78. The van der Waals surface area contributed by atoms with Gasteiger partial charge in [0, 0.05) is 51.3 Å². The molecule has 0 aliphatic carbocycles. The van der Waals surface area contributed by atoms with E-state index in [0.717, 1.165) is 45.3 Å². The highest BCUT2D eigenvalue weighted by Gasteiger charge is 2.38. The maximum Gasteiger partial charge on any atom is 0.224 e. The maximum absolute atomic E-state index is 12.5. The highest BCUT2D eigenvalue weighted by Crippen LogP contribution is 2.36. The van der Waals surface area contributed by atoms with Crippen LogP contribution in [0, 0.1) is 18.3 Å². The van der Waals surface area contributed by atoms with Crippen LogP contribution in [0.4, 0.5) is 0 Å². The van der Waals surface area contributed by atoms with Crippen LogP contribution in [0.15, 0.2) is 34.8 Å². The number of terminal acetylenes is 1. The molecule has 1 aromatic heterocycles. The van der Waals surface area contributed by atoms with Crippen molar-refractivity contribution in [2.75, 3.05) is 19.6 Å². The van der Waals surface area contributed by atoms with Crippen molar-refractivity contribution in [1.82, 2.24) is 15.2 Å². The molecule has 1 aromatic rings. The first-order valence-electron chi connectivity index (χ1n) is 8.97. The third-order valence-electron chi connectivity index (χ3n) is 4.88. The van der Waals surface area contributed by atoms with Crippen LogP contribution in [-0.4, -0.2) is 41.1 Å². The molecule has 0 radical (unpaired) electrons. The third kappa shape index (κ3) is 5.10. The summed E-state index contributed by atoms with van der Waals surface area (Å²) in [4.78, 5) is 19.0. The Balaban J connectivity index is 1.40. The number of carbonyl (C=O) groups is 1. The van der Waals surface area contributed by atoms with Gasteiger partial charge in [-0.2, -0.15) is 10.2 Å². The minimum absolute atomic E-state index is 0.0557. The van der Waals surface area contributed by atoms with E-state index in [4.69, 9.17) is 6.42 Å². The maximum atomic E-state index is 12.5. The van der Waals surface area contributed by atoms with Gasteiger partial charge in [0.1, 0.15) is 0 Å². The van der Waals surface area contributed by atoms with E-state index in [0.29, 0.717) is 13.0 Å². The van der Waals surface area contributed by atoms with Gasteiger partial charge in [-0.3, -0.25) is 14.7 Å². The summed E-state index contributed by atoms with van der Waals surface area (Å²) in [6, 6.07) is 4.03. The molecule has 1 saturated heterocycles. The zero-order valence-electron chi connectivity index (χ0n) is 14.5.